The number of oxime groups is 1. The fourth-order valence-electron chi connectivity index (χ4n) is 2.65. The number of nitrogens with two attached hydrogens (primary N) is 1. The molecule has 1 aliphatic carbocycles. The van der Waals surface area contributed by atoms with Crippen LogP contribution in [-0.2, 0) is 10.0 Å². The summed E-state index contributed by atoms with van der Waals surface area (Å²) in [6, 6.07) is 0. The number of sulfonamides is 1. The van der Waals surface area contributed by atoms with Crippen LogP contribution in [0.2, 0.25) is 0 Å². The Morgan fingerprint density at radius 1 is 1.50 bits per heavy atom. The average molecular weight is 247 g/mol. The molecule has 7 heteroatoms. The van der Waals surface area contributed by atoms with Crippen LogP contribution in [0.25, 0.3) is 0 Å². The maximum Gasteiger partial charge on any atom is 0.211 e. The van der Waals surface area contributed by atoms with Gasteiger partial charge in [0.15, 0.2) is 0 Å². The predicted molar refractivity (Wildman–Crippen MR) is 59.6 cm³/mol. The Morgan fingerprint density at radius 2 is 2.06 bits per heavy atom. The fraction of sp³-hybridized carbons (Fsp3) is 0.889. The summed E-state index contributed by atoms with van der Waals surface area (Å²) < 4.78 is 24.2. The van der Waals surface area contributed by atoms with E-state index in [0.717, 1.165) is 19.3 Å². The van der Waals surface area contributed by atoms with Crippen molar-refractivity contribution in [1.82, 2.24) is 4.31 Å². The van der Waals surface area contributed by atoms with Crippen molar-refractivity contribution < 1.29 is 13.6 Å². The van der Waals surface area contributed by atoms with Crippen molar-refractivity contribution in [2.24, 2.45) is 22.2 Å². The van der Waals surface area contributed by atoms with E-state index >= 15 is 0 Å². The molecule has 1 atom stereocenters. The van der Waals surface area contributed by atoms with Gasteiger partial charge in [0, 0.05) is 19.0 Å². The smallest absolute Gasteiger partial charge is 0.211 e. The Bertz CT molecular complexity index is 410. The van der Waals surface area contributed by atoms with Crippen LogP contribution in [0.15, 0.2) is 5.16 Å². The van der Waals surface area contributed by atoms with Gasteiger partial charge in [-0.1, -0.05) is 5.16 Å². The van der Waals surface area contributed by atoms with E-state index in [4.69, 9.17) is 10.9 Å². The van der Waals surface area contributed by atoms with Gasteiger partial charge in [-0.2, -0.15) is 0 Å². The molecule has 0 aromatic carbocycles. The highest BCUT2D eigenvalue weighted by Gasteiger charge is 2.57. The summed E-state index contributed by atoms with van der Waals surface area (Å²) >= 11 is 0. The number of hydrogen-bond acceptors (Lipinski definition) is 4. The van der Waals surface area contributed by atoms with Crippen molar-refractivity contribution in [2.75, 3.05) is 19.3 Å². The average Bonchev–Trinajstić information content (AvgIpc) is 2.90. The lowest BCUT2D eigenvalue weighted by molar-refractivity contribution is 0.249. The lowest BCUT2D eigenvalue weighted by atomic mass is 9.91. The van der Waals surface area contributed by atoms with E-state index in [9.17, 15) is 8.42 Å². The normalized spacial score (nSPS) is 30.6. The van der Waals surface area contributed by atoms with Crippen molar-refractivity contribution in [3.8, 4) is 0 Å². The highest BCUT2D eigenvalue weighted by atomic mass is 32.2. The molecule has 3 N–H and O–H groups in total. The second-order valence-corrected chi connectivity index (χ2v) is 6.79. The van der Waals surface area contributed by atoms with Gasteiger partial charge < -0.3 is 10.9 Å². The minimum atomic E-state index is -3.07. The molecule has 2 fully saturated rings. The number of amidine groups is 1. The minimum absolute atomic E-state index is 0.0947. The van der Waals surface area contributed by atoms with Crippen LogP contribution in [0.3, 0.4) is 0 Å². The van der Waals surface area contributed by atoms with Gasteiger partial charge in [0.05, 0.1) is 6.26 Å². The van der Waals surface area contributed by atoms with E-state index in [0.29, 0.717) is 13.1 Å². The monoisotopic (exact) mass is 247 g/mol. The molecule has 1 unspecified atom stereocenters. The summed E-state index contributed by atoms with van der Waals surface area (Å²) in [5.74, 6) is 0.423. The van der Waals surface area contributed by atoms with Crippen LogP contribution in [0.1, 0.15) is 19.3 Å². The molecular weight excluding hydrogens is 230 g/mol. The first-order chi connectivity index (χ1) is 7.39. The second-order valence-electron chi connectivity index (χ2n) is 4.81. The van der Waals surface area contributed by atoms with Crippen molar-refractivity contribution in [3.63, 3.8) is 0 Å². The zero-order valence-electron chi connectivity index (χ0n) is 9.26. The molecule has 0 aromatic rings. The maximum absolute atomic E-state index is 11.3. The first kappa shape index (κ1) is 11.7. The quantitative estimate of drug-likeness (QED) is 0.305. The van der Waals surface area contributed by atoms with Gasteiger partial charge >= 0.3 is 0 Å². The second kappa shape index (κ2) is 3.59. The number of nitrogens with zero attached hydrogens (tertiary/aromatic N) is 2. The van der Waals surface area contributed by atoms with Gasteiger partial charge in [-0.05, 0) is 24.7 Å². The number of piperidine rings is 1. The molecule has 1 saturated heterocycles. The lowest BCUT2D eigenvalue weighted by Crippen LogP contribution is -2.39. The van der Waals surface area contributed by atoms with Gasteiger partial charge in [-0.25, -0.2) is 12.7 Å². The largest absolute Gasteiger partial charge is 0.409 e. The van der Waals surface area contributed by atoms with Gasteiger partial charge in [-0.3, -0.25) is 0 Å². The van der Waals surface area contributed by atoms with E-state index in [2.05, 4.69) is 5.16 Å². The predicted octanol–water partition coefficient (Wildman–Crippen LogP) is -0.205. The number of rotatable bonds is 2. The van der Waals surface area contributed by atoms with E-state index in [1.165, 1.54) is 10.6 Å². The first-order valence-electron chi connectivity index (χ1n) is 5.32. The molecule has 0 radical (unpaired) electrons. The lowest BCUT2D eigenvalue weighted by Gasteiger charge is -2.30. The molecule has 92 valence electrons. The van der Waals surface area contributed by atoms with E-state index < -0.39 is 10.0 Å². The van der Waals surface area contributed by atoms with Gasteiger partial charge in [-0.15, -0.1) is 0 Å². The Labute approximate surface area is 95.2 Å². The van der Waals surface area contributed by atoms with E-state index in [1.807, 2.05) is 0 Å². The molecule has 0 bridgehead atoms. The molecule has 16 heavy (non-hydrogen) atoms. The Kier molecular flexibility index (Phi) is 2.62. The standard InChI is InChI=1S/C9H17N3O3S/c1-16(14,15)12-4-2-9(3-5-12)6-7(9)8(10)11-13/h7,13H,2-6H2,1H3,(H2,10,11). The molecule has 6 nitrogen and oxygen atoms in total. The van der Waals surface area contributed by atoms with Crippen LogP contribution in [0.4, 0.5) is 0 Å². The van der Waals surface area contributed by atoms with Crippen molar-refractivity contribution in [2.45, 2.75) is 19.3 Å². The highest BCUT2D eigenvalue weighted by Crippen LogP contribution is 2.59. The molecule has 0 amide bonds. The van der Waals surface area contributed by atoms with Crippen LogP contribution in [-0.4, -0.2) is 43.1 Å². The zero-order chi connectivity index (χ0) is 12.0. The molecule has 1 heterocycles. The third-order valence-corrected chi connectivity index (χ3v) is 5.15. The summed E-state index contributed by atoms with van der Waals surface area (Å²) in [5.41, 5.74) is 5.67. The molecule has 2 aliphatic rings. The van der Waals surface area contributed by atoms with Crippen molar-refractivity contribution >= 4 is 15.9 Å². The minimum Gasteiger partial charge on any atom is -0.409 e. The van der Waals surface area contributed by atoms with Crippen molar-refractivity contribution in [3.05, 3.63) is 0 Å². The topological polar surface area (TPSA) is 96.0 Å². The maximum atomic E-state index is 11.3. The van der Waals surface area contributed by atoms with Gasteiger partial charge in [0.25, 0.3) is 0 Å². The van der Waals surface area contributed by atoms with E-state index in [1.54, 1.807) is 0 Å². The SMILES string of the molecule is CS(=O)(=O)N1CCC2(CC1)CC2/C(N)=N/O. The molecule has 0 aromatic heterocycles. The van der Waals surface area contributed by atoms with Gasteiger partial charge in [0.1, 0.15) is 5.84 Å². The third-order valence-electron chi connectivity index (χ3n) is 3.85. The first-order valence-corrected chi connectivity index (χ1v) is 7.16. The molecule has 1 saturated carbocycles. The Hall–Kier alpha value is -0.820. The summed E-state index contributed by atoms with van der Waals surface area (Å²) in [7, 11) is -3.07. The summed E-state index contributed by atoms with van der Waals surface area (Å²) in [4.78, 5) is 0. The fourth-order valence-corrected chi connectivity index (χ4v) is 3.50. The molecule has 1 spiro atoms. The van der Waals surface area contributed by atoms with Crippen LogP contribution < -0.4 is 5.73 Å². The summed E-state index contributed by atoms with van der Waals surface area (Å²) in [5, 5.41) is 11.6. The van der Waals surface area contributed by atoms with Crippen LogP contribution in [0, 0.1) is 11.3 Å². The Morgan fingerprint density at radius 3 is 2.50 bits per heavy atom. The van der Waals surface area contributed by atoms with Crippen molar-refractivity contribution in [1.29, 1.82) is 0 Å². The highest BCUT2D eigenvalue weighted by molar-refractivity contribution is 7.88. The van der Waals surface area contributed by atoms with Crippen LogP contribution in [0.5, 0.6) is 0 Å². The molecule has 2 rings (SSSR count). The third kappa shape index (κ3) is 1.89. The molecular formula is C9H17N3O3S. The summed E-state index contributed by atoms with van der Waals surface area (Å²) in [6.45, 7) is 1.10. The zero-order valence-corrected chi connectivity index (χ0v) is 10.1. The van der Waals surface area contributed by atoms with Crippen LogP contribution >= 0.6 is 0 Å². The Balaban J connectivity index is 1.98. The van der Waals surface area contributed by atoms with E-state index in [-0.39, 0.29) is 17.2 Å². The summed E-state index contributed by atoms with van der Waals surface area (Å²) in [6.07, 6.45) is 3.77. The number of hydrogen-bond donors (Lipinski definition) is 2. The van der Waals surface area contributed by atoms with Gasteiger partial charge in [0.2, 0.25) is 10.0 Å². The molecule has 1 aliphatic heterocycles.